The molecule has 4 rings (SSSR count). The quantitative estimate of drug-likeness (QED) is 0.355. The number of hydrogen-bond donors (Lipinski definition) is 3. The van der Waals surface area contributed by atoms with Crippen molar-refractivity contribution < 1.29 is 14.3 Å². The summed E-state index contributed by atoms with van der Waals surface area (Å²) < 4.78 is 5.83. The van der Waals surface area contributed by atoms with E-state index in [9.17, 15) is 9.59 Å². The summed E-state index contributed by atoms with van der Waals surface area (Å²) in [7, 11) is 0. The van der Waals surface area contributed by atoms with Crippen LogP contribution in [0.5, 0.6) is 5.75 Å². The van der Waals surface area contributed by atoms with Crippen LogP contribution in [0.3, 0.4) is 0 Å². The second kappa shape index (κ2) is 12.8. The molecule has 1 aliphatic carbocycles. The van der Waals surface area contributed by atoms with E-state index in [2.05, 4.69) is 28.1 Å². The zero-order valence-corrected chi connectivity index (χ0v) is 21.0. The van der Waals surface area contributed by atoms with Crippen molar-refractivity contribution in [3.05, 3.63) is 95.6 Å². The van der Waals surface area contributed by atoms with E-state index in [-0.39, 0.29) is 23.0 Å². The molecule has 1 saturated carbocycles. The second-order valence-electron chi connectivity index (χ2n) is 8.87. The van der Waals surface area contributed by atoms with Crippen molar-refractivity contribution in [3.8, 4) is 5.75 Å². The van der Waals surface area contributed by atoms with Crippen molar-refractivity contribution in [1.82, 2.24) is 10.6 Å². The van der Waals surface area contributed by atoms with Crippen molar-refractivity contribution >= 4 is 34.8 Å². The van der Waals surface area contributed by atoms with Gasteiger partial charge in [-0.05, 0) is 61.0 Å². The van der Waals surface area contributed by atoms with Crippen molar-refractivity contribution in [3.63, 3.8) is 0 Å². The van der Waals surface area contributed by atoms with Crippen LogP contribution in [-0.4, -0.2) is 29.6 Å². The number of thiocarbonyl (C=S) groups is 1. The Balaban J connectivity index is 1.32. The lowest BCUT2D eigenvalue weighted by Gasteiger charge is -2.23. The summed E-state index contributed by atoms with van der Waals surface area (Å²) in [5.41, 5.74) is 2.66. The molecule has 0 saturated heterocycles. The summed E-state index contributed by atoms with van der Waals surface area (Å²) >= 11 is 5.37. The van der Waals surface area contributed by atoms with Gasteiger partial charge in [-0.25, -0.2) is 0 Å². The molecule has 186 valence electrons. The molecule has 1 fully saturated rings. The summed E-state index contributed by atoms with van der Waals surface area (Å²) in [4.78, 5) is 25.7. The summed E-state index contributed by atoms with van der Waals surface area (Å²) in [6, 6.07) is 24.4. The summed E-state index contributed by atoms with van der Waals surface area (Å²) in [6.45, 7) is 0.509. The molecule has 0 heterocycles. The molecule has 6 nitrogen and oxygen atoms in total. The monoisotopic (exact) mass is 501 g/mol. The van der Waals surface area contributed by atoms with Crippen molar-refractivity contribution in [2.24, 2.45) is 0 Å². The van der Waals surface area contributed by atoms with Crippen LogP contribution >= 0.6 is 12.2 Å². The van der Waals surface area contributed by atoms with Gasteiger partial charge in [0.15, 0.2) is 5.11 Å². The minimum absolute atomic E-state index is 0.119. The van der Waals surface area contributed by atoms with Crippen molar-refractivity contribution in [2.45, 2.75) is 44.6 Å². The lowest BCUT2D eigenvalue weighted by atomic mass is 9.95. The van der Waals surface area contributed by atoms with Gasteiger partial charge in [-0.2, -0.15) is 0 Å². The highest BCUT2D eigenvalue weighted by Crippen LogP contribution is 2.20. The molecule has 3 N–H and O–H groups in total. The fourth-order valence-corrected chi connectivity index (χ4v) is 4.49. The maximum absolute atomic E-state index is 12.9. The van der Waals surface area contributed by atoms with Crippen LogP contribution < -0.4 is 20.7 Å². The highest BCUT2D eigenvalue weighted by molar-refractivity contribution is 7.80. The summed E-state index contributed by atoms with van der Waals surface area (Å²) in [5, 5.41) is 8.94. The number of hydrogen-bond acceptors (Lipinski definition) is 4. The molecular weight excluding hydrogens is 470 g/mol. The molecule has 2 amide bonds. The van der Waals surface area contributed by atoms with Crippen LogP contribution in [-0.2, 0) is 6.42 Å². The SMILES string of the molecule is O=C(NC(=S)Nc1ccccc1C(=O)NC1CCCCC1)c1cccc(OCCc2ccccc2)c1. The molecular formula is C29H31N3O3S. The zero-order chi connectivity index (χ0) is 25.2. The molecule has 0 aromatic heterocycles. The van der Waals surface area contributed by atoms with Crippen LogP contribution in [0.2, 0.25) is 0 Å². The van der Waals surface area contributed by atoms with Gasteiger partial charge in [-0.1, -0.05) is 67.8 Å². The van der Waals surface area contributed by atoms with Crippen molar-refractivity contribution in [2.75, 3.05) is 11.9 Å². The Bertz CT molecular complexity index is 1190. The van der Waals surface area contributed by atoms with Gasteiger partial charge in [0.25, 0.3) is 11.8 Å². The van der Waals surface area contributed by atoms with Gasteiger partial charge in [-0.3, -0.25) is 14.9 Å². The average molecular weight is 502 g/mol. The zero-order valence-electron chi connectivity index (χ0n) is 20.2. The van der Waals surface area contributed by atoms with Crippen LogP contribution in [0.1, 0.15) is 58.4 Å². The molecule has 36 heavy (non-hydrogen) atoms. The number of carbonyl (C=O) groups excluding carboxylic acids is 2. The number of benzene rings is 3. The predicted molar refractivity (Wildman–Crippen MR) is 147 cm³/mol. The number of amides is 2. The van der Waals surface area contributed by atoms with E-state index in [1.165, 1.54) is 12.0 Å². The normalized spacial score (nSPS) is 13.4. The standard InChI is InChI=1S/C29H31N3O3S/c33-27(22-12-9-15-24(20-22)35-19-18-21-10-3-1-4-11-21)32-29(36)31-26-17-8-7-16-25(26)28(34)30-23-13-5-2-6-14-23/h1,3-4,7-12,15-17,20,23H,2,5-6,13-14,18-19H2,(H,30,34)(H2,31,32,33,36). The fourth-order valence-electron chi connectivity index (χ4n) is 4.29. The Hall–Kier alpha value is -3.71. The van der Waals surface area contributed by atoms with Gasteiger partial charge in [0, 0.05) is 18.0 Å². The fraction of sp³-hybridized carbons (Fsp3) is 0.276. The van der Waals surface area contributed by atoms with Gasteiger partial charge in [0.05, 0.1) is 17.9 Å². The molecule has 7 heteroatoms. The first-order valence-corrected chi connectivity index (χ1v) is 12.8. The molecule has 3 aromatic carbocycles. The number of para-hydroxylation sites is 1. The molecule has 3 aromatic rings. The number of rotatable bonds is 8. The van der Waals surface area contributed by atoms with Gasteiger partial charge in [0.1, 0.15) is 5.75 Å². The predicted octanol–water partition coefficient (Wildman–Crippen LogP) is 5.50. The van der Waals surface area contributed by atoms with Crippen LogP contribution in [0, 0.1) is 0 Å². The number of ether oxygens (including phenoxy) is 1. The van der Waals surface area contributed by atoms with E-state index in [1.54, 1.807) is 30.3 Å². The first kappa shape index (κ1) is 25.4. The van der Waals surface area contributed by atoms with Crippen molar-refractivity contribution in [1.29, 1.82) is 0 Å². The van der Waals surface area contributed by atoms with Gasteiger partial charge < -0.3 is 15.4 Å². The largest absolute Gasteiger partial charge is 0.493 e. The topological polar surface area (TPSA) is 79.5 Å². The first-order valence-electron chi connectivity index (χ1n) is 12.4. The van der Waals surface area contributed by atoms with E-state index < -0.39 is 0 Å². The lowest BCUT2D eigenvalue weighted by Crippen LogP contribution is -2.37. The second-order valence-corrected chi connectivity index (χ2v) is 9.28. The highest BCUT2D eigenvalue weighted by Gasteiger charge is 2.19. The van der Waals surface area contributed by atoms with Crippen LogP contribution in [0.15, 0.2) is 78.9 Å². The minimum Gasteiger partial charge on any atom is -0.493 e. The van der Waals surface area contributed by atoms with E-state index in [1.807, 2.05) is 36.4 Å². The van der Waals surface area contributed by atoms with Gasteiger partial charge in [-0.15, -0.1) is 0 Å². The molecule has 0 spiro atoms. The van der Waals surface area contributed by atoms with E-state index in [0.29, 0.717) is 29.2 Å². The minimum atomic E-state index is -0.356. The van der Waals surface area contributed by atoms with Crippen LogP contribution in [0.4, 0.5) is 5.69 Å². The molecule has 0 aliphatic heterocycles. The molecule has 0 bridgehead atoms. The maximum atomic E-state index is 12.9. The third-order valence-electron chi connectivity index (χ3n) is 6.19. The Labute approximate surface area is 217 Å². The highest BCUT2D eigenvalue weighted by atomic mass is 32.1. The number of anilines is 1. The Morgan fingerprint density at radius 2 is 1.61 bits per heavy atom. The van der Waals surface area contributed by atoms with Crippen LogP contribution in [0.25, 0.3) is 0 Å². The Morgan fingerprint density at radius 3 is 2.42 bits per heavy atom. The van der Waals surface area contributed by atoms with Gasteiger partial charge in [0.2, 0.25) is 0 Å². The maximum Gasteiger partial charge on any atom is 0.257 e. The average Bonchev–Trinajstić information content (AvgIpc) is 2.90. The van der Waals surface area contributed by atoms with E-state index >= 15 is 0 Å². The van der Waals surface area contributed by atoms with E-state index in [4.69, 9.17) is 17.0 Å². The van der Waals surface area contributed by atoms with E-state index in [0.717, 1.165) is 32.1 Å². The summed E-state index contributed by atoms with van der Waals surface area (Å²) in [5.74, 6) is 0.117. The summed E-state index contributed by atoms with van der Waals surface area (Å²) in [6.07, 6.45) is 6.29. The number of nitrogens with one attached hydrogen (secondary N) is 3. The Morgan fingerprint density at radius 1 is 0.861 bits per heavy atom. The third kappa shape index (κ3) is 7.39. The molecule has 0 atom stereocenters. The number of carbonyl (C=O) groups is 2. The first-order chi connectivity index (χ1) is 17.6. The third-order valence-corrected chi connectivity index (χ3v) is 6.39. The Kier molecular flexibility index (Phi) is 9.05. The smallest absolute Gasteiger partial charge is 0.257 e. The molecule has 0 radical (unpaired) electrons. The lowest BCUT2D eigenvalue weighted by molar-refractivity contribution is 0.0927. The van der Waals surface area contributed by atoms with Gasteiger partial charge >= 0.3 is 0 Å². The molecule has 0 unspecified atom stereocenters. The molecule has 1 aliphatic rings.